The molecular weight excluding hydrogens is 272 g/mol. The van der Waals surface area contributed by atoms with Gasteiger partial charge in [0.05, 0.1) is 12.1 Å². The van der Waals surface area contributed by atoms with Crippen molar-refractivity contribution in [2.24, 2.45) is 0 Å². The smallest absolute Gasteiger partial charge is 0.309 e. The molecule has 1 heterocycles. The molecule has 88 valence electrons. The number of aliphatic carboxylic acids is 1. The van der Waals surface area contributed by atoms with Gasteiger partial charge in [-0.15, -0.1) is 0 Å². The van der Waals surface area contributed by atoms with Crippen LogP contribution in [0.5, 0.6) is 0 Å². The third kappa shape index (κ3) is 2.64. The number of carboxylic acid groups (broad SMARTS) is 1. The van der Waals surface area contributed by atoms with Crippen molar-refractivity contribution >= 4 is 21.9 Å². The predicted octanol–water partition coefficient (Wildman–Crippen LogP) is 2.85. The van der Waals surface area contributed by atoms with Gasteiger partial charge >= 0.3 is 5.97 Å². The van der Waals surface area contributed by atoms with E-state index in [0.29, 0.717) is 16.2 Å². The number of carbonyl (C=O) groups is 1. The van der Waals surface area contributed by atoms with Gasteiger partial charge in [0.1, 0.15) is 10.4 Å². The van der Waals surface area contributed by atoms with E-state index >= 15 is 0 Å². The monoisotopic (exact) mass is 286 g/mol. The molecule has 1 saturated carbocycles. The van der Waals surface area contributed by atoms with Crippen LogP contribution in [0.2, 0.25) is 0 Å². The van der Waals surface area contributed by atoms with Gasteiger partial charge < -0.3 is 10.1 Å². The number of carboxylic acids is 1. The lowest BCUT2D eigenvalue weighted by Gasteiger charge is -2.19. The van der Waals surface area contributed by atoms with Gasteiger partial charge in [0.15, 0.2) is 0 Å². The lowest BCUT2D eigenvalue weighted by molar-refractivity contribution is -0.136. The molecule has 2 rings (SSSR count). The van der Waals surface area contributed by atoms with E-state index in [1.54, 1.807) is 0 Å². The Morgan fingerprint density at radius 1 is 1.44 bits per heavy atom. The zero-order chi connectivity index (χ0) is 11.5. The standard InChI is InChI=1S/C11H15BrN2O2/c12-10-8(6-9(15)16)13-11(14-10)7-4-2-1-3-5-7/h7H,1-6H2,(H,13,14)(H,15,16). The van der Waals surface area contributed by atoms with Crippen LogP contribution in [-0.4, -0.2) is 21.0 Å². The molecule has 5 heteroatoms. The van der Waals surface area contributed by atoms with Gasteiger partial charge in [-0.05, 0) is 28.8 Å². The van der Waals surface area contributed by atoms with Crippen LogP contribution in [-0.2, 0) is 11.2 Å². The Balaban J connectivity index is 2.12. The molecular formula is C11H15BrN2O2. The number of aromatic amines is 1. The Bertz CT molecular complexity index is 383. The molecule has 0 radical (unpaired) electrons. The molecule has 16 heavy (non-hydrogen) atoms. The minimum absolute atomic E-state index is 0.000301. The van der Waals surface area contributed by atoms with Crippen molar-refractivity contribution in [1.29, 1.82) is 0 Å². The molecule has 0 atom stereocenters. The van der Waals surface area contributed by atoms with Gasteiger partial charge in [0.25, 0.3) is 0 Å². The largest absolute Gasteiger partial charge is 0.481 e. The van der Waals surface area contributed by atoms with Crippen molar-refractivity contribution in [2.45, 2.75) is 44.4 Å². The molecule has 1 aromatic rings. The van der Waals surface area contributed by atoms with E-state index in [4.69, 9.17) is 5.11 Å². The second kappa shape index (κ2) is 4.99. The normalized spacial score (nSPS) is 17.6. The molecule has 1 aromatic heterocycles. The second-order valence-corrected chi connectivity index (χ2v) is 5.05. The topological polar surface area (TPSA) is 66.0 Å². The molecule has 1 fully saturated rings. The number of rotatable bonds is 3. The Morgan fingerprint density at radius 3 is 2.75 bits per heavy atom. The highest BCUT2D eigenvalue weighted by atomic mass is 79.9. The highest BCUT2D eigenvalue weighted by Crippen LogP contribution is 2.32. The fraction of sp³-hybridized carbons (Fsp3) is 0.636. The molecule has 0 saturated heterocycles. The van der Waals surface area contributed by atoms with Gasteiger partial charge in [-0.3, -0.25) is 4.79 Å². The Labute approximate surface area is 103 Å². The first-order valence-electron chi connectivity index (χ1n) is 5.63. The zero-order valence-electron chi connectivity index (χ0n) is 9.00. The SMILES string of the molecule is O=C(O)Cc1[nH]c(C2CCCCC2)nc1Br. The molecule has 0 amide bonds. The molecule has 2 N–H and O–H groups in total. The van der Waals surface area contributed by atoms with Crippen molar-refractivity contribution < 1.29 is 9.90 Å². The Morgan fingerprint density at radius 2 is 2.12 bits per heavy atom. The van der Waals surface area contributed by atoms with Gasteiger partial charge in [-0.2, -0.15) is 0 Å². The average Bonchev–Trinajstić information content (AvgIpc) is 2.61. The third-order valence-corrected chi connectivity index (χ3v) is 3.72. The number of hydrogen-bond acceptors (Lipinski definition) is 2. The van der Waals surface area contributed by atoms with Gasteiger partial charge in [0.2, 0.25) is 0 Å². The summed E-state index contributed by atoms with van der Waals surface area (Å²) in [5, 5.41) is 8.74. The van der Waals surface area contributed by atoms with E-state index in [2.05, 4.69) is 25.9 Å². The molecule has 0 bridgehead atoms. The number of aromatic nitrogens is 2. The predicted molar refractivity (Wildman–Crippen MR) is 63.5 cm³/mol. The van der Waals surface area contributed by atoms with Crippen LogP contribution in [0.1, 0.15) is 49.5 Å². The van der Waals surface area contributed by atoms with Crippen molar-refractivity contribution in [3.05, 3.63) is 16.1 Å². The van der Waals surface area contributed by atoms with Crippen molar-refractivity contribution in [3.63, 3.8) is 0 Å². The van der Waals surface area contributed by atoms with Crippen molar-refractivity contribution in [3.8, 4) is 0 Å². The first-order chi connectivity index (χ1) is 7.66. The Hall–Kier alpha value is -0.840. The first kappa shape index (κ1) is 11.6. The van der Waals surface area contributed by atoms with Gasteiger partial charge in [-0.1, -0.05) is 19.3 Å². The number of H-pyrrole nitrogens is 1. The Kier molecular flexibility index (Phi) is 3.63. The average molecular weight is 287 g/mol. The minimum Gasteiger partial charge on any atom is -0.481 e. The maximum absolute atomic E-state index is 10.6. The molecule has 0 aromatic carbocycles. The number of halogens is 1. The van der Waals surface area contributed by atoms with Crippen LogP contribution in [0.3, 0.4) is 0 Å². The summed E-state index contributed by atoms with van der Waals surface area (Å²) in [5.41, 5.74) is 0.674. The van der Waals surface area contributed by atoms with E-state index in [0.717, 1.165) is 18.7 Å². The van der Waals surface area contributed by atoms with E-state index in [1.807, 2.05) is 0 Å². The summed E-state index contributed by atoms with van der Waals surface area (Å²) < 4.78 is 0.649. The molecule has 1 aliphatic carbocycles. The summed E-state index contributed by atoms with van der Waals surface area (Å²) >= 11 is 3.31. The number of nitrogens with zero attached hydrogens (tertiary/aromatic N) is 1. The molecule has 4 nitrogen and oxygen atoms in total. The lowest BCUT2D eigenvalue weighted by atomic mass is 9.89. The van der Waals surface area contributed by atoms with Crippen LogP contribution in [0.25, 0.3) is 0 Å². The summed E-state index contributed by atoms with van der Waals surface area (Å²) in [6.07, 6.45) is 6.12. The van der Waals surface area contributed by atoms with Gasteiger partial charge in [0, 0.05) is 5.92 Å². The molecule has 0 aliphatic heterocycles. The van der Waals surface area contributed by atoms with E-state index < -0.39 is 5.97 Å². The summed E-state index contributed by atoms with van der Waals surface area (Å²) in [4.78, 5) is 18.2. The molecule has 1 aliphatic rings. The number of nitrogens with one attached hydrogen (secondary N) is 1. The van der Waals surface area contributed by atoms with E-state index in [9.17, 15) is 4.79 Å². The van der Waals surface area contributed by atoms with Gasteiger partial charge in [-0.25, -0.2) is 4.98 Å². The third-order valence-electron chi connectivity index (χ3n) is 3.07. The fourth-order valence-corrected chi connectivity index (χ4v) is 2.68. The van der Waals surface area contributed by atoms with Crippen LogP contribution in [0, 0.1) is 0 Å². The summed E-state index contributed by atoms with van der Waals surface area (Å²) in [6.45, 7) is 0. The van der Waals surface area contributed by atoms with Crippen molar-refractivity contribution in [2.75, 3.05) is 0 Å². The van der Waals surface area contributed by atoms with Crippen molar-refractivity contribution in [1.82, 2.24) is 9.97 Å². The fourth-order valence-electron chi connectivity index (χ4n) is 2.25. The summed E-state index contributed by atoms with van der Waals surface area (Å²) in [7, 11) is 0. The highest BCUT2D eigenvalue weighted by Gasteiger charge is 2.20. The maximum Gasteiger partial charge on any atom is 0.309 e. The van der Waals surface area contributed by atoms with Crippen LogP contribution in [0.15, 0.2) is 4.60 Å². The van der Waals surface area contributed by atoms with E-state index in [-0.39, 0.29) is 6.42 Å². The second-order valence-electron chi connectivity index (χ2n) is 4.30. The quantitative estimate of drug-likeness (QED) is 0.898. The number of imidazole rings is 1. The van der Waals surface area contributed by atoms with Crippen LogP contribution >= 0.6 is 15.9 Å². The van der Waals surface area contributed by atoms with Crippen LogP contribution < -0.4 is 0 Å². The highest BCUT2D eigenvalue weighted by molar-refractivity contribution is 9.10. The minimum atomic E-state index is -0.834. The summed E-state index contributed by atoms with van der Waals surface area (Å²) in [5.74, 6) is 0.593. The maximum atomic E-state index is 10.6. The first-order valence-corrected chi connectivity index (χ1v) is 6.42. The molecule has 0 spiro atoms. The molecule has 0 unspecified atom stereocenters. The van der Waals surface area contributed by atoms with Crippen LogP contribution in [0.4, 0.5) is 0 Å². The van der Waals surface area contributed by atoms with E-state index in [1.165, 1.54) is 19.3 Å². The zero-order valence-corrected chi connectivity index (χ0v) is 10.6. The summed E-state index contributed by atoms with van der Waals surface area (Å²) in [6, 6.07) is 0. The lowest BCUT2D eigenvalue weighted by Crippen LogP contribution is -2.06. The number of hydrogen-bond donors (Lipinski definition) is 2.